The second-order valence-corrected chi connectivity index (χ2v) is 7.70. The Balaban J connectivity index is 1.92. The van der Waals surface area contributed by atoms with Crippen molar-refractivity contribution in [1.29, 1.82) is 0 Å². The van der Waals surface area contributed by atoms with Crippen LogP contribution in [0.25, 0.3) is 0 Å². The molecule has 0 saturated heterocycles. The van der Waals surface area contributed by atoms with Gasteiger partial charge in [-0.1, -0.05) is 18.2 Å². The fourth-order valence-corrected chi connectivity index (χ4v) is 3.78. The first-order valence-electron chi connectivity index (χ1n) is 7.12. The zero-order valence-electron chi connectivity index (χ0n) is 13.0. The summed E-state index contributed by atoms with van der Waals surface area (Å²) >= 11 is 3.22. The van der Waals surface area contributed by atoms with Crippen LogP contribution < -0.4 is 10.5 Å². The monoisotopic (exact) mass is 439 g/mol. The molecule has 0 atom stereocenters. The summed E-state index contributed by atoms with van der Waals surface area (Å²) in [5.74, 6) is -2.06. The molecule has 0 spiro atoms. The maximum atomic E-state index is 13.3. The van der Waals surface area contributed by atoms with E-state index in [1.54, 1.807) is 18.2 Å². The van der Waals surface area contributed by atoms with Gasteiger partial charge in [-0.15, -0.1) is 9.19 Å². The van der Waals surface area contributed by atoms with Gasteiger partial charge >= 0.3 is 5.97 Å². The Kier molecular flexibility index (Phi) is 4.79. The molecule has 0 aliphatic rings. The van der Waals surface area contributed by atoms with E-state index < -0.39 is 21.8 Å². The minimum Gasteiger partial charge on any atom is -0.402 e. The summed E-state index contributed by atoms with van der Waals surface area (Å²) < 4.78 is 44.4. The molecule has 0 aliphatic carbocycles. The molecule has 0 aliphatic heterocycles. The number of aromatic nitrogens is 2. The van der Waals surface area contributed by atoms with Crippen molar-refractivity contribution in [3.8, 4) is 5.88 Å². The first-order valence-corrected chi connectivity index (χ1v) is 9.36. The molecule has 0 amide bonds. The highest BCUT2D eigenvalue weighted by Gasteiger charge is 2.24. The van der Waals surface area contributed by atoms with Crippen molar-refractivity contribution in [2.45, 2.75) is 4.90 Å². The zero-order chi connectivity index (χ0) is 18.9. The van der Waals surface area contributed by atoms with Crippen molar-refractivity contribution in [3.63, 3.8) is 0 Å². The van der Waals surface area contributed by atoms with Gasteiger partial charge in [-0.05, 0) is 46.3 Å². The molecule has 1 aromatic heterocycles. The lowest BCUT2D eigenvalue weighted by atomic mass is 10.2. The number of carbonyl (C=O) groups is 1. The van der Waals surface area contributed by atoms with Crippen molar-refractivity contribution >= 4 is 37.7 Å². The lowest BCUT2D eigenvalue weighted by Crippen LogP contribution is -2.17. The summed E-state index contributed by atoms with van der Waals surface area (Å²) in [5.41, 5.74) is 5.90. The maximum Gasteiger partial charge on any atom is 0.346 e. The summed E-state index contributed by atoms with van der Waals surface area (Å²) in [6, 6.07) is 12.0. The molecule has 3 aromatic rings. The van der Waals surface area contributed by atoms with Crippen LogP contribution in [0.1, 0.15) is 10.4 Å². The molecule has 10 heteroatoms. The number of nitrogen functional groups attached to an aromatic ring is 1. The van der Waals surface area contributed by atoms with E-state index in [-0.39, 0.29) is 22.2 Å². The van der Waals surface area contributed by atoms with Crippen molar-refractivity contribution in [1.82, 2.24) is 9.19 Å². The van der Waals surface area contributed by atoms with E-state index in [0.29, 0.717) is 8.56 Å². The maximum absolute atomic E-state index is 13.3. The van der Waals surface area contributed by atoms with E-state index in [4.69, 9.17) is 10.5 Å². The SMILES string of the molecule is Nc1cc(OC(=O)c2ccccc2Br)nn1S(=O)(=O)c1cccc(F)c1. The number of rotatable bonds is 4. The lowest BCUT2D eigenvalue weighted by molar-refractivity contribution is 0.0726. The van der Waals surface area contributed by atoms with E-state index in [0.717, 1.165) is 18.2 Å². The predicted molar refractivity (Wildman–Crippen MR) is 94.7 cm³/mol. The highest BCUT2D eigenvalue weighted by Crippen LogP contribution is 2.23. The molecule has 1 heterocycles. The molecule has 3 rings (SSSR count). The Morgan fingerprint density at radius 1 is 1.15 bits per heavy atom. The molecule has 0 saturated carbocycles. The third-order valence-corrected chi connectivity index (χ3v) is 5.58. The average Bonchev–Trinajstić information content (AvgIpc) is 2.96. The molecule has 7 nitrogen and oxygen atoms in total. The molecule has 0 bridgehead atoms. The molecule has 2 N–H and O–H groups in total. The number of hydrogen-bond donors (Lipinski definition) is 1. The second-order valence-electron chi connectivity index (χ2n) is 5.08. The van der Waals surface area contributed by atoms with Crippen molar-refractivity contribution in [3.05, 3.63) is 70.5 Å². The van der Waals surface area contributed by atoms with Crippen LogP contribution in [0, 0.1) is 5.82 Å². The van der Waals surface area contributed by atoms with E-state index >= 15 is 0 Å². The van der Waals surface area contributed by atoms with Gasteiger partial charge in [-0.2, -0.15) is 8.42 Å². The topological polar surface area (TPSA) is 104 Å². The quantitative estimate of drug-likeness (QED) is 0.626. The normalized spacial score (nSPS) is 11.3. The Morgan fingerprint density at radius 3 is 2.58 bits per heavy atom. The first kappa shape index (κ1) is 18.1. The molecular formula is C16H11BrFN3O4S. The van der Waals surface area contributed by atoms with Crippen LogP contribution in [0.5, 0.6) is 5.88 Å². The Bertz CT molecular complexity index is 1100. The summed E-state index contributed by atoms with van der Waals surface area (Å²) in [4.78, 5) is 11.8. The van der Waals surface area contributed by atoms with Crippen molar-refractivity contribution in [2.24, 2.45) is 0 Å². The third-order valence-electron chi connectivity index (χ3n) is 3.29. The number of hydrogen-bond acceptors (Lipinski definition) is 6. The number of nitrogens with two attached hydrogens (primary N) is 1. The summed E-state index contributed by atoms with van der Waals surface area (Å²) in [7, 11) is -4.24. The largest absolute Gasteiger partial charge is 0.402 e. The molecule has 0 radical (unpaired) electrons. The lowest BCUT2D eigenvalue weighted by Gasteiger charge is -2.06. The first-order chi connectivity index (χ1) is 12.3. The van der Waals surface area contributed by atoms with Crippen molar-refractivity contribution in [2.75, 3.05) is 5.73 Å². The van der Waals surface area contributed by atoms with Crippen LogP contribution in [0.3, 0.4) is 0 Å². The van der Waals surface area contributed by atoms with Gasteiger partial charge in [-0.3, -0.25) is 0 Å². The Labute approximate surface area is 156 Å². The summed E-state index contributed by atoms with van der Waals surface area (Å²) in [5, 5.41) is 3.71. The minimum atomic E-state index is -4.24. The van der Waals surface area contributed by atoms with Crippen molar-refractivity contribution < 1.29 is 22.3 Å². The van der Waals surface area contributed by atoms with Gasteiger partial charge in [0.05, 0.1) is 10.5 Å². The zero-order valence-corrected chi connectivity index (χ0v) is 15.4. The summed E-state index contributed by atoms with van der Waals surface area (Å²) in [6.07, 6.45) is 0. The van der Waals surface area contributed by atoms with E-state index in [9.17, 15) is 17.6 Å². The number of anilines is 1. The number of benzene rings is 2. The molecule has 2 aromatic carbocycles. The van der Waals surface area contributed by atoms with Crippen LogP contribution in [-0.2, 0) is 10.0 Å². The third kappa shape index (κ3) is 3.46. The van der Waals surface area contributed by atoms with Crippen LogP contribution in [0.4, 0.5) is 10.2 Å². The number of nitrogens with zero attached hydrogens (tertiary/aromatic N) is 2. The average molecular weight is 440 g/mol. The molecular weight excluding hydrogens is 429 g/mol. The van der Waals surface area contributed by atoms with E-state index in [2.05, 4.69) is 21.0 Å². The molecule has 26 heavy (non-hydrogen) atoms. The van der Waals surface area contributed by atoms with Gasteiger partial charge < -0.3 is 10.5 Å². The predicted octanol–water partition coefficient (Wildman–Crippen LogP) is 2.82. The second kappa shape index (κ2) is 6.89. The van der Waals surface area contributed by atoms with Crippen LogP contribution >= 0.6 is 15.9 Å². The molecule has 134 valence electrons. The number of halogens is 2. The van der Waals surface area contributed by atoms with Gasteiger partial charge in [0.1, 0.15) is 11.6 Å². The highest BCUT2D eigenvalue weighted by atomic mass is 79.9. The van der Waals surface area contributed by atoms with Gasteiger partial charge in [0.15, 0.2) is 0 Å². The van der Waals surface area contributed by atoms with Crippen LogP contribution in [-0.4, -0.2) is 23.6 Å². The summed E-state index contributed by atoms with van der Waals surface area (Å²) in [6.45, 7) is 0. The van der Waals surface area contributed by atoms with E-state index in [1.165, 1.54) is 18.2 Å². The standard InChI is InChI=1S/C16H11BrFN3O4S/c17-13-7-2-1-6-12(13)16(22)25-15-9-14(19)21(20-15)26(23,24)11-5-3-4-10(18)8-11/h1-9H,19H2. The van der Waals surface area contributed by atoms with Gasteiger partial charge in [0.25, 0.3) is 10.0 Å². The molecule has 0 unspecified atom stereocenters. The van der Waals surface area contributed by atoms with Gasteiger partial charge in [0.2, 0.25) is 5.88 Å². The highest BCUT2D eigenvalue weighted by molar-refractivity contribution is 9.10. The Morgan fingerprint density at radius 2 is 1.88 bits per heavy atom. The smallest absolute Gasteiger partial charge is 0.346 e. The minimum absolute atomic E-state index is 0.230. The fraction of sp³-hybridized carbons (Fsp3) is 0. The van der Waals surface area contributed by atoms with Crippen LogP contribution in [0.2, 0.25) is 0 Å². The number of esters is 1. The molecule has 0 fully saturated rings. The van der Waals surface area contributed by atoms with Gasteiger partial charge in [0, 0.05) is 10.5 Å². The number of ether oxygens (including phenoxy) is 1. The Hall–Kier alpha value is -2.72. The van der Waals surface area contributed by atoms with E-state index in [1.807, 2.05) is 0 Å². The number of carbonyl (C=O) groups excluding carboxylic acids is 1. The van der Waals surface area contributed by atoms with Gasteiger partial charge in [-0.25, -0.2) is 9.18 Å². The fourth-order valence-electron chi connectivity index (χ4n) is 2.10. The van der Waals surface area contributed by atoms with Crippen LogP contribution in [0.15, 0.2) is 64.0 Å².